The lowest BCUT2D eigenvalue weighted by Crippen LogP contribution is -2.16. The number of nitrogens with one attached hydrogen (secondary N) is 1. The maximum atomic E-state index is 12.4. The van der Waals surface area contributed by atoms with E-state index in [1.807, 2.05) is 50.2 Å². The molecule has 2 aromatic carbocycles. The lowest BCUT2D eigenvalue weighted by molar-refractivity contribution is -0.113. The third-order valence-electron chi connectivity index (χ3n) is 4.50. The van der Waals surface area contributed by atoms with Crippen LogP contribution in [-0.2, 0) is 11.3 Å². The van der Waals surface area contributed by atoms with Gasteiger partial charge in [0.25, 0.3) is 0 Å². The molecule has 0 fully saturated rings. The number of anilines is 1. The molecule has 140 valence electrons. The Hall–Kier alpha value is -2.60. The van der Waals surface area contributed by atoms with Gasteiger partial charge in [-0.2, -0.15) is 0 Å². The zero-order valence-electron chi connectivity index (χ0n) is 16.1. The van der Waals surface area contributed by atoms with E-state index in [4.69, 9.17) is 0 Å². The molecule has 6 heteroatoms. The first-order chi connectivity index (χ1) is 13.0. The third kappa shape index (κ3) is 4.22. The molecule has 0 aliphatic carbocycles. The molecule has 0 bridgehead atoms. The monoisotopic (exact) mass is 380 g/mol. The van der Waals surface area contributed by atoms with Gasteiger partial charge in [0, 0.05) is 17.8 Å². The number of hydrogen-bond acceptors (Lipinski definition) is 4. The second-order valence-corrected chi connectivity index (χ2v) is 7.41. The second kappa shape index (κ2) is 8.39. The molecule has 0 aliphatic rings. The van der Waals surface area contributed by atoms with E-state index in [2.05, 4.69) is 40.0 Å². The van der Waals surface area contributed by atoms with Crippen LogP contribution in [0.3, 0.4) is 0 Å². The molecule has 5 nitrogen and oxygen atoms in total. The highest BCUT2D eigenvalue weighted by molar-refractivity contribution is 7.99. The van der Waals surface area contributed by atoms with Crippen LogP contribution in [0, 0.1) is 20.8 Å². The smallest absolute Gasteiger partial charge is 0.234 e. The van der Waals surface area contributed by atoms with Crippen molar-refractivity contribution in [3.8, 4) is 11.4 Å². The number of carbonyl (C=O) groups excluding carboxylic acids is 1. The fraction of sp³-hybridized carbons (Fsp3) is 0.286. The zero-order chi connectivity index (χ0) is 19.4. The Balaban J connectivity index is 1.73. The lowest BCUT2D eigenvalue weighted by atomic mass is 10.1. The fourth-order valence-electron chi connectivity index (χ4n) is 3.02. The Morgan fingerprint density at radius 3 is 2.33 bits per heavy atom. The largest absolute Gasteiger partial charge is 0.325 e. The van der Waals surface area contributed by atoms with E-state index >= 15 is 0 Å². The van der Waals surface area contributed by atoms with Gasteiger partial charge in [-0.1, -0.05) is 54.2 Å². The lowest BCUT2D eigenvalue weighted by Gasteiger charge is -2.12. The van der Waals surface area contributed by atoms with Crippen LogP contribution in [0.1, 0.15) is 23.6 Å². The van der Waals surface area contributed by atoms with E-state index in [1.165, 1.54) is 11.8 Å². The van der Waals surface area contributed by atoms with E-state index in [0.29, 0.717) is 5.75 Å². The van der Waals surface area contributed by atoms with Gasteiger partial charge in [0.1, 0.15) is 0 Å². The average molecular weight is 381 g/mol. The number of para-hydroxylation sites is 1. The molecule has 1 amide bonds. The van der Waals surface area contributed by atoms with Gasteiger partial charge in [-0.15, -0.1) is 10.2 Å². The van der Waals surface area contributed by atoms with E-state index in [1.54, 1.807) is 0 Å². The van der Waals surface area contributed by atoms with Crippen LogP contribution < -0.4 is 5.32 Å². The van der Waals surface area contributed by atoms with Crippen molar-refractivity contribution in [2.45, 2.75) is 39.4 Å². The first-order valence-electron chi connectivity index (χ1n) is 8.99. The van der Waals surface area contributed by atoms with Gasteiger partial charge in [0.15, 0.2) is 11.0 Å². The van der Waals surface area contributed by atoms with Gasteiger partial charge in [-0.25, -0.2) is 0 Å². The van der Waals surface area contributed by atoms with Crippen molar-refractivity contribution >= 4 is 23.4 Å². The van der Waals surface area contributed by atoms with Crippen molar-refractivity contribution in [1.29, 1.82) is 0 Å². The molecule has 0 radical (unpaired) electrons. The summed E-state index contributed by atoms with van der Waals surface area (Å²) >= 11 is 1.41. The first-order valence-corrected chi connectivity index (χ1v) is 9.98. The molecule has 1 aromatic heterocycles. The SMILES string of the molecule is CCn1c(SCC(=O)Nc2c(C)cccc2C)nnc1-c1ccccc1C. The van der Waals surface area contributed by atoms with E-state index < -0.39 is 0 Å². The highest BCUT2D eigenvalue weighted by atomic mass is 32.2. The quantitative estimate of drug-likeness (QED) is 0.634. The van der Waals surface area contributed by atoms with Gasteiger partial charge < -0.3 is 9.88 Å². The summed E-state index contributed by atoms with van der Waals surface area (Å²) in [5, 5.41) is 12.5. The Kier molecular flexibility index (Phi) is 5.96. The van der Waals surface area contributed by atoms with E-state index in [0.717, 1.165) is 45.5 Å². The number of amides is 1. The fourth-order valence-corrected chi connectivity index (χ4v) is 3.82. The minimum absolute atomic E-state index is 0.0412. The Bertz CT molecular complexity index is 944. The predicted octanol–water partition coefficient (Wildman–Crippen LogP) is 4.62. The summed E-state index contributed by atoms with van der Waals surface area (Å²) in [5.41, 5.74) is 5.24. The summed E-state index contributed by atoms with van der Waals surface area (Å²) in [7, 11) is 0. The van der Waals surface area contributed by atoms with Crippen molar-refractivity contribution in [1.82, 2.24) is 14.8 Å². The molecule has 0 saturated heterocycles. The van der Waals surface area contributed by atoms with Crippen molar-refractivity contribution < 1.29 is 4.79 Å². The number of benzene rings is 2. The third-order valence-corrected chi connectivity index (χ3v) is 5.46. The van der Waals surface area contributed by atoms with Crippen molar-refractivity contribution in [2.24, 2.45) is 0 Å². The Morgan fingerprint density at radius 2 is 1.67 bits per heavy atom. The van der Waals surface area contributed by atoms with Crippen molar-refractivity contribution in [2.75, 3.05) is 11.1 Å². The molecule has 3 aromatic rings. The maximum Gasteiger partial charge on any atom is 0.234 e. The molecule has 0 aliphatic heterocycles. The van der Waals surface area contributed by atoms with E-state index in [-0.39, 0.29) is 5.91 Å². The summed E-state index contributed by atoms with van der Waals surface area (Å²) < 4.78 is 2.05. The molecule has 0 unspecified atom stereocenters. The van der Waals surface area contributed by atoms with E-state index in [9.17, 15) is 4.79 Å². The molecule has 0 saturated carbocycles. The molecule has 27 heavy (non-hydrogen) atoms. The van der Waals surface area contributed by atoms with Crippen LogP contribution in [-0.4, -0.2) is 26.4 Å². The highest BCUT2D eigenvalue weighted by Crippen LogP contribution is 2.26. The topological polar surface area (TPSA) is 59.8 Å². The van der Waals surface area contributed by atoms with Crippen LogP contribution in [0.5, 0.6) is 0 Å². The molecule has 3 rings (SSSR count). The normalized spacial score (nSPS) is 10.8. The van der Waals surface area contributed by atoms with Gasteiger partial charge in [0.2, 0.25) is 5.91 Å². The van der Waals surface area contributed by atoms with Crippen molar-refractivity contribution in [3.63, 3.8) is 0 Å². The minimum atomic E-state index is -0.0412. The van der Waals surface area contributed by atoms with Gasteiger partial charge >= 0.3 is 0 Å². The van der Waals surface area contributed by atoms with Crippen LogP contribution in [0.2, 0.25) is 0 Å². The van der Waals surface area contributed by atoms with Crippen LogP contribution in [0.15, 0.2) is 47.6 Å². The summed E-state index contributed by atoms with van der Waals surface area (Å²) in [6.45, 7) is 8.87. The number of aromatic nitrogens is 3. The summed E-state index contributed by atoms with van der Waals surface area (Å²) in [6.07, 6.45) is 0. The number of carbonyl (C=O) groups is 1. The van der Waals surface area contributed by atoms with Crippen LogP contribution in [0.25, 0.3) is 11.4 Å². The summed E-state index contributed by atoms with van der Waals surface area (Å²) in [5.74, 6) is 1.09. The highest BCUT2D eigenvalue weighted by Gasteiger charge is 2.16. The average Bonchev–Trinajstić information content (AvgIpc) is 3.06. The number of aryl methyl sites for hydroxylation is 3. The molecular weight excluding hydrogens is 356 g/mol. The van der Waals surface area contributed by atoms with Gasteiger partial charge in [0.05, 0.1) is 5.75 Å². The summed E-state index contributed by atoms with van der Waals surface area (Å²) in [6, 6.07) is 14.1. The molecule has 0 atom stereocenters. The van der Waals surface area contributed by atoms with Crippen molar-refractivity contribution in [3.05, 3.63) is 59.2 Å². The number of nitrogens with zero attached hydrogens (tertiary/aromatic N) is 3. The zero-order valence-corrected chi connectivity index (χ0v) is 16.9. The molecule has 1 N–H and O–H groups in total. The Labute approximate surface area is 164 Å². The predicted molar refractivity (Wildman–Crippen MR) is 111 cm³/mol. The molecule has 1 heterocycles. The number of hydrogen-bond donors (Lipinski definition) is 1. The van der Waals surface area contributed by atoms with Gasteiger partial charge in [-0.05, 0) is 44.4 Å². The second-order valence-electron chi connectivity index (χ2n) is 6.47. The van der Waals surface area contributed by atoms with Crippen LogP contribution >= 0.6 is 11.8 Å². The standard InChI is InChI=1S/C21H24N4OS/c1-5-25-20(17-12-7-6-9-14(17)2)23-24-21(25)27-13-18(26)22-19-15(3)10-8-11-16(19)4/h6-12H,5,13H2,1-4H3,(H,22,26). The number of thioether (sulfide) groups is 1. The van der Waals surface area contributed by atoms with Crippen LogP contribution in [0.4, 0.5) is 5.69 Å². The summed E-state index contributed by atoms with van der Waals surface area (Å²) in [4.78, 5) is 12.4. The van der Waals surface area contributed by atoms with Gasteiger partial charge in [-0.3, -0.25) is 4.79 Å². The Morgan fingerprint density at radius 1 is 1.00 bits per heavy atom. The molecule has 0 spiro atoms. The first kappa shape index (κ1) is 19.2. The molecular formula is C21H24N4OS. The number of rotatable bonds is 6. The maximum absolute atomic E-state index is 12.4. The minimum Gasteiger partial charge on any atom is -0.325 e.